The largest absolute Gasteiger partial charge is 0.493 e. The van der Waals surface area contributed by atoms with E-state index in [-0.39, 0.29) is 0 Å². The number of hydrogen-bond acceptors (Lipinski definition) is 7. The van der Waals surface area contributed by atoms with Crippen LogP contribution in [0.15, 0.2) is 53.7 Å². The molecule has 0 spiro atoms. The first-order valence-corrected chi connectivity index (χ1v) is 9.77. The lowest BCUT2D eigenvalue weighted by atomic mass is 10.2. The fraction of sp³-hybridized carbons (Fsp3) is 0.316. The van der Waals surface area contributed by atoms with E-state index in [1.807, 2.05) is 55.5 Å². The van der Waals surface area contributed by atoms with Crippen LogP contribution in [0.1, 0.15) is 12.5 Å². The van der Waals surface area contributed by atoms with E-state index in [1.54, 1.807) is 23.6 Å². The molecule has 1 aromatic heterocycles. The van der Waals surface area contributed by atoms with Crippen LogP contribution in [0.2, 0.25) is 0 Å². The van der Waals surface area contributed by atoms with Crippen molar-refractivity contribution < 1.29 is 9.47 Å². The zero-order valence-electron chi connectivity index (χ0n) is 15.5. The van der Waals surface area contributed by atoms with Gasteiger partial charge in [0.1, 0.15) is 0 Å². The summed E-state index contributed by atoms with van der Waals surface area (Å²) in [4.78, 5) is 0. The van der Waals surface area contributed by atoms with Crippen molar-refractivity contribution in [2.24, 2.45) is 0 Å². The predicted molar refractivity (Wildman–Crippen MR) is 106 cm³/mol. The Morgan fingerprint density at radius 3 is 2.74 bits per heavy atom. The van der Waals surface area contributed by atoms with E-state index in [1.165, 1.54) is 0 Å². The second-order valence-corrected chi connectivity index (χ2v) is 6.71. The highest BCUT2D eigenvalue weighted by molar-refractivity contribution is 7.99. The second-order valence-electron chi connectivity index (χ2n) is 5.65. The summed E-state index contributed by atoms with van der Waals surface area (Å²) in [5.41, 5.74) is 2.11. The number of nitrogens with one attached hydrogen (secondary N) is 1. The molecule has 1 heterocycles. The van der Waals surface area contributed by atoms with E-state index in [0.717, 1.165) is 46.7 Å². The van der Waals surface area contributed by atoms with Gasteiger partial charge in [0.05, 0.1) is 19.4 Å². The maximum atomic E-state index is 5.55. The molecule has 142 valence electrons. The van der Waals surface area contributed by atoms with Crippen LogP contribution < -0.4 is 14.8 Å². The number of nitrogens with zero attached hydrogens (tertiary/aromatic N) is 4. The minimum Gasteiger partial charge on any atom is -0.493 e. The second kappa shape index (κ2) is 9.94. The van der Waals surface area contributed by atoms with Crippen molar-refractivity contribution in [3.05, 3.63) is 54.1 Å². The Kier molecular flexibility index (Phi) is 7.06. The molecule has 0 saturated carbocycles. The number of methoxy groups -OCH3 is 1. The molecule has 2 aromatic carbocycles. The van der Waals surface area contributed by atoms with Crippen molar-refractivity contribution in [2.45, 2.75) is 18.6 Å². The van der Waals surface area contributed by atoms with E-state index in [0.29, 0.717) is 6.61 Å². The molecule has 0 fully saturated rings. The molecule has 0 amide bonds. The Morgan fingerprint density at radius 2 is 1.96 bits per heavy atom. The lowest BCUT2D eigenvalue weighted by Crippen LogP contribution is -2.17. The van der Waals surface area contributed by atoms with Crippen molar-refractivity contribution in [1.82, 2.24) is 25.5 Å². The van der Waals surface area contributed by atoms with Gasteiger partial charge < -0.3 is 14.8 Å². The Labute approximate surface area is 163 Å². The number of rotatable bonds is 10. The van der Waals surface area contributed by atoms with Gasteiger partial charge in [-0.05, 0) is 47.2 Å². The topological polar surface area (TPSA) is 74.1 Å². The lowest BCUT2D eigenvalue weighted by molar-refractivity contribution is 0.310. The number of para-hydroxylation sites is 1. The summed E-state index contributed by atoms with van der Waals surface area (Å²) in [6.07, 6.45) is 0. The summed E-state index contributed by atoms with van der Waals surface area (Å²) < 4.78 is 12.7. The molecule has 3 rings (SSSR count). The summed E-state index contributed by atoms with van der Waals surface area (Å²) in [6.45, 7) is 4.17. The van der Waals surface area contributed by atoms with Gasteiger partial charge in [-0.15, -0.1) is 5.10 Å². The van der Waals surface area contributed by atoms with Crippen LogP contribution in [-0.4, -0.2) is 46.2 Å². The zero-order chi connectivity index (χ0) is 18.9. The monoisotopic (exact) mass is 385 g/mol. The molecule has 0 radical (unpaired) electrons. The number of benzene rings is 2. The summed E-state index contributed by atoms with van der Waals surface area (Å²) in [5, 5.41) is 16.2. The van der Waals surface area contributed by atoms with Crippen molar-refractivity contribution in [2.75, 3.05) is 26.0 Å². The zero-order valence-corrected chi connectivity index (χ0v) is 16.3. The summed E-state index contributed by atoms with van der Waals surface area (Å²) in [6, 6.07) is 15.9. The van der Waals surface area contributed by atoms with Gasteiger partial charge in [-0.25, -0.2) is 0 Å². The summed E-state index contributed by atoms with van der Waals surface area (Å²) >= 11 is 1.62. The molecule has 0 saturated heterocycles. The van der Waals surface area contributed by atoms with Crippen molar-refractivity contribution >= 4 is 11.8 Å². The van der Waals surface area contributed by atoms with Gasteiger partial charge in [0.15, 0.2) is 11.5 Å². The van der Waals surface area contributed by atoms with Gasteiger partial charge >= 0.3 is 0 Å². The third-order valence-corrected chi connectivity index (χ3v) is 4.73. The molecular weight excluding hydrogens is 362 g/mol. The van der Waals surface area contributed by atoms with Crippen LogP contribution in [-0.2, 0) is 6.54 Å². The Balaban J connectivity index is 1.47. The van der Waals surface area contributed by atoms with E-state index < -0.39 is 0 Å². The first-order chi connectivity index (χ1) is 13.3. The van der Waals surface area contributed by atoms with Gasteiger partial charge in [0, 0.05) is 18.8 Å². The molecule has 7 nitrogen and oxygen atoms in total. The Hall–Kier alpha value is -2.58. The molecular formula is C19H23N5O2S. The highest BCUT2D eigenvalue weighted by Gasteiger charge is 2.08. The highest BCUT2D eigenvalue weighted by atomic mass is 32.2. The third kappa shape index (κ3) is 5.21. The minimum atomic E-state index is 0.619. The fourth-order valence-corrected chi connectivity index (χ4v) is 3.33. The summed E-state index contributed by atoms with van der Waals surface area (Å²) in [7, 11) is 1.66. The first-order valence-electron chi connectivity index (χ1n) is 8.79. The van der Waals surface area contributed by atoms with Crippen molar-refractivity contribution in [3.63, 3.8) is 0 Å². The van der Waals surface area contributed by atoms with E-state index in [9.17, 15) is 0 Å². The molecule has 0 aliphatic carbocycles. The van der Waals surface area contributed by atoms with Gasteiger partial charge in [0.2, 0.25) is 5.16 Å². The molecule has 0 aliphatic heterocycles. The highest BCUT2D eigenvalue weighted by Crippen LogP contribution is 2.28. The number of ether oxygens (including phenoxy) is 2. The van der Waals surface area contributed by atoms with Crippen LogP contribution in [0.5, 0.6) is 11.5 Å². The Morgan fingerprint density at radius 1 is 1.11 bits per heavy atom. The average Bonchev–Trinajstić information content (AvgIpc) is 3.18. The van der Waals surface area contributed by atoms with Gasteiger partial charge in [-0.3, -0.25) is 0 Å². The van der Waals surface area contributed by atoms with E-state index in [4.69, 9.17) is 9.47 Å². The Bertz CT molecular complexity index is 841. The normalized spacial score (nSPS) is 10.7. The van der Waals surface area contributed by atoms with Crippen LogP contribution >= 0.6 is 11.8 Å². The van der Waals surface area contributed by atoms with Crippen LogP contribution in [0.25, 0.3) is 5.69 Å². The predicted octanol–water partition coefficient (Wildman–Crippen LogP) is 2.95. The molecule has 0 unspecified atom stereocenters. The smallest absolute Gasteiger partial charge is 0.214 e. The quantitative estimate of drug-likeness (QED) is 0.425. The van der Waals surface area contributed by atoms with Crippen LogP contribution in [0.3, 0.4) is 0 Å². The number of aromatic nitrogens is 4. The molecule has 0 atom stereocenters. The number of tetrazole rings is 1. The third-order valence-electron chi connectivity index (χ3n) is 3.81. The maximum absolute atomic E-state index is 5.55. The van der Waals surface area contributed by atoms with Crippen molar-refractivity contribution in [3.8, 4) is 17.2 Å². The SMILES string of the molecule is CCOc1ccc(CNCCSc2nnnn2-c2ccccc2)cc1OC. The van der Waals surface area contributed by atoms with Gasteiger partial charge in [-0.2, -0.15) is 4.68 Å². The number of hydrogen-bond donors (Lipinski definition) is 1. The van der Waals surface area contributed by atoms with Gasteiger partial charge in [0.25, 0.3) is 0 Å². The molecule has 8 heteroatoms. The standard InChI is InChI=1S/C19H23N5O2S/c1-3-26-17-10-9-15(13-18(17)25-2)14-20-11-12-27-19-21-22-23-24(19)16-7-5-4-6-8-16/h4-10,13,20H,3,11-12,14H2,1-2H3. The molecule has 0 bridgehead atoms. The minimum absolute atomic E-state index is 0.619. The fourth-order valence-electron chi connectivity index (χ4n) is 2.54. The van der Waals surface area contributed by atoms with Crippen molar-refractivity contribution in [1.29, 1.82) is 0 Å². The lowest BCUT2D eigenvalue weighted by Gasteiger charge is -2.11. The maximum Gasteiger partial charge on any atom is 0.214 e. The molecule has 3 aromatic rings. The summed E-state index contributed by atoms with van der Waals surface area (Å²) in [5.74, 6) is 2.39. The van der Waals surface area contributed by atoms with E-state index >= 15 is 0 Å². The first kappa shape index (κ1) is 19.2. The molecule has 0 aliphatic rings. The average molecular weight is 385 g/mol. The molecule has 1 N–H and O–H groups in total. The van der Waals surface area contributed by atoms with E-state index in [2.05, 4.69) is 20.8 Å². The van der Waals surface area contributed by atoms with Crippen LogP contribution in [0, 0.1) is 0 Å². The number of thioether (sulfide) groups is 1. The molecule has 27 heavy (non-hydrogen) atoms. The van der Waals surface area contributed by atoms with Gasteiger partial charge in [-0.1, -0.05) is 36.0 Å². The van der Waals surface area contributed by atoms with Crippen LogP contribution in [0.4, 0.5) is 0 Å².